The number of anilines is 1. The largest absolute Gasteiger partial charge is 0.422 e. The maximum Gasteiger partial charge on any atom is 0.300 e. The Morgan fingerprint density at radius 2 is 1.77 bits per heavy atom. The molecule has 1 aromatic carbocycles. The Morgan fingerprint density at radius 3 is 2.50 bits per heavy atom. The SMILES string of the molecule is Cc1ccc2oc(N3CCN(C(=O)[C@@H](C)c4ccccc4)CC3)nc2n1. The highest BCUT2D eigenvalue weighted by Gasteiger charge is 2.27. The lowest BCUT2D eigenvalue weighted by atomic mass is 9.99. The topological polar surface area (TPSA) is 62.5 Å². The van der Waals surface area contributed by atoms with Crippen LogP contribution in [0.1, 0.15) is 24.1 Å². The van der Waals surface area contributed by atoms with Crippen LogP contribution in [-0.4, -0.2) is 47.0 Å². The van der Waals surface area contributed by atoms with Crippen LogP contribution in [0.15, 0.2) is 46.9 Å². The molecular formula is C20H22N4O2. The fraction of sp³-hybridized carbons (Fsp3) is 0.350. The monoisotopic (exact) mass is 350 g/mol. The molecule has 1 aliphatic heterocycles. The molecule has 1 saturated heterocycles. The van der Waals surface area contributed by atoms with E-state index in [2.05, 4.69) is 14.9 Å². The molecule has 1 fully saturated rings. The van der Waals surface area contributed by atoms with Gasteiger partial charge in [-0.25, -0.2) is 4.98 Å². The Kier molecular flexibility index (Phi) is 4.32. The number of aromatic nitrogens is 2. The summed E-state index contributed by atoms with van der Waals surface area (Å²) in [7, 11) is 0. The van der Waals surface area contributed by atoms with E-state index in [-0.39, 0.29) is 11.8 Å². The summed E-state index contributed by atoms with van der Waals surface area (Å²) in [5, 5.41) is 0. The van der Waals surface area contributed by atoms with Crippen LogP contribution in [0, 0.1) is 6.92 Å². The van der Waals surface area contributed by atoms with Crippen molar-refractivity contribution in [2.45, 2.75) is 19.8 Å². The average Bonchev–Trinajstić information content (AvgIpc) is 3.11. The van der Waals surface area contributed by atoms with Crippen molar-refractivity contribution in [1.82, 2.24) is 14.9 Å². The van der Waals surface area contributed by atoms with E-state index in [1.807, 2.05) is 61.2 Å². The third kappa shape index (κ3) is 3.14. The second-order valence-electron chi connectivity index (χ2n) is 6.72. The lowest BCUT2D eigenvalue weighted by Gasteiger charge is -2.35. The quantitative estimate of drug-likeness (QED) is 0.727. The number of fused-ring (bicyclic) bond motifs is 1. The van der Waals surface area contributed by atoms with E-state index in [1.165, 1.54) is 0 Å². The Bertz CT molecular complexity index is 914. The van der Waals surface area contributed by atoms with Crippen LogP contribution in [0.25, 0.3) is 11.2 Å². The molecule has 0 aliphatic carbocycles. The molecule has 0 radical (unpaired) electrons. The zero-order chi connectivity index (χ0) is 18.1. The van der Waals surface area contributed by atoms with Crippen molar-refractivity contribution >= 4 is 23.2 Å². The van der Waals surface area contributed by atoms with Gasteiger partial charge in [0.1, 0.15) is 0 Å². The molecule has 4 rings (SSSR count). The van der Waals surface area contributed by atoms with Gasteiger partial charge in [-0.3, -0.25) is 4.79 Å². The second-order valence-corrected chi connectivity index (χ2v) is 6.72. The Hall–Kier alpha value is -2.89. The maximum absolute atomic E-state index is 12.8. The number of nitrogens with zero attached hydrogens (tertiary/aromatic N) is 4. The van der Waals surface area contributed by atoms with Gasteiger partial charge in [0.15, 0.2) is 5.58 Å². The summed E-state index contributed by atoms with van der Waals surface area (Å²) in [5.41, 5.74) is 3.31. The summed E-state index contributed by atoms with van der Waals surface area (Å²) in [5.74, 6) is 0.0463. The van der Waals surface area contributed by atoms with E-state index >= 15 is 0 Å². The molecule has 1 atom stereocenters. The number of carbonyl (C=O) groups excluding carboxylic acids is 1. The molecule has 6 nitrogen and oxygen atoms in total. The van der Waals surface area contributed by atoms with Crippen LogP contribution in [0.3, 0.4) is 0 Å². The third-order valence-corrected chi connectivity index (χ3v) is 4.91. The Labute approximate surface area is 152 Å². The molecule has 26 heavy (non-hydrogen) atoms. The summed E-state index contributed by atoms with van der Waals surface area (Å²) in [6, 6.07) is 14.3. The van der Waals surface area contributed by atoms with E-state index in [0.29, 0.717) is 43.4 Å². The molecule has 0 unspecified atom stereocenters. The van der Waals surface area contributed by atoms with Gasteiger partial charge in [0, 0.05) is 31.9 Å². The van der Waals surface area contributed by atoms with E-state index in [9.17, 15) is 4.79 Å². The number of hydrogen-bond donors (Lipinski definition) is 0. The molecule has 3 aromatic rings. The van der Waals surface area contributed by atoms with Crippen LogP contribution < -0.4 is 4.90 Å². The average molecular weight is 350 g/mol. The third-order valence-electron chi connectivity index (χ3n) is 4.91. The highest BCUT2D eigenvalue weighted by atomic mass is 16.4. The normalized spacial score (nSPS) is 16.1. The Balaban J connectivity index is 1.42. The number of benzene rings is 1. The van der Waals surface area contributed by atoms with Crippen molar-refractivity contribution < 1.29 is 9.21 Å². The summed E-state index contributed by atoms with van der Waals surface area (Å²) in [6.07, 6.45) is 0. The molecule has 134 valence electrons. The van der Waals surface area contributed by atoms with Gasteiger partial charge < -0.3 is 14.2 Å². The number of piperazine rings is 1. The van der Waals surface area contributed by atoms with Gasteiger partial charge in [-0.1, -0.05) is 30.3 Å². The lowest BCUT2D eigenvalue weighted by molar-refractivity contribution is -0.132. The number of hydrogen-bond acceptors (Lipinski definition) is 5. The number of rotatable bonds is 3. The zero-order valence-corrected chi connectivity index (χ0v) is 15.1. The number of amides is 1. The van der Waals surface area contributed by atoms with Crippen molar-refractivity contribution in [3.63, 3.8) is 0 Å². The molecule has 6 heteroatoms. The van der Waals surface area contributed by atoms with E-state index in [1.54, 1.807) is 0 Å². The van der Waals surface area contributed by atoms with E-state index < -0.39 is 0 Å². The lowest BCUT2D eigenvalue weighted by Crippen LogP contribution is -2.50. The second kappa shape index (κ2) is 6.78. The molecule has 1 amide bonds. The van der Waals surface area contributed by atoms with Crippen LogP contribution in [-0.2, 0) is 4.79 Å². The van der Waals surface area contributed by atoms with Gasteiger partial charge in [0.25, 0.3) is 6.01 Å². The minimum absolute atomic E-state index is 0.126. The number of oxazole rings is 1. The molecule has 0 saturated carbocycles. The number of pyridine rings is 1. The molecule has 0 N–H and O–H groups in total. The van der Waals surface area contributed by atoms with Crippen LogP contribution in [0.2, 0.25) is 0 Å². The van der Waals surface area contributed by atoms with Crippen LogP contribution in [0.4, 0.5) is 6.01 Å². The van der Waals surface area contributed by atoms with Crippen LogP contribution in [0.5, 0.6) is 0 Å². The maximum atomic E-state index is 12.8. The fourth-order valence-electron chi connectivity index (χ4n) is 3.31. The first-order chi connectivity index (χ1) is 12.6. The first-order valence-electron chi connectivity index (χ1n) is 8.94. The number of carbonyl (C=O) groups is 1. The van der Waals surface area contributed by atoms with E-state index in [4.69, 9.17) is 4.42 Å². The van der Waals surface area contributed by atoms with Crippen molar-refractivity contribution in [2.24, 2.45) is 0 Å². The summed E-state index contributed by atoms with van der Waals surface area (Å²) < 4.78 is 5.82. The molecule has 0 bridgehead atoms. The molecule has 1 aliphatic rings. The minimum atomic E-state index is -0.126. The number of aryl methyl sites for hydroxylation is 1. The molecule has 2 aromatic heterocycles. The molecule has 3 heterocycles. The van der Waals surface area contributed by atoms with Crippen molar-refractivity contribution in [3.05, 3.63) is 53.7 Å². The smallest absolute Gasteiger partial charge is 0.300 e. The highest BCUT2D eigenvalue weighted by Crippen LogP contribution is 2.23. The predicted octanol–water partition coefficient (Wildman–Crippen LogP) is 2.98. The first-order valence-corrected chi connectivity index (χ1v) is 8.94. The van der Waals surface area contributed by atoms with E-state index in [0.717, 1.165) is 11.3 Å². The van der Waals surface area contributed by atoms with Gasteiger partial charge in [-0.2, -0.15) is 4.98 Å². The minimum Gasteiger partial charge on any atom is -0.422 e. The standard InChI is InChI=1S/C20H22N4O2/c1-14-8-9-17-18(21-14)22-20(26-17)24-12-10-23(11-13-24)19(25)15(2)16-6-4-3-5-7-16/h3-9,15H,10-13H2,1-2H3/t15-/m0/s1. The van der Waals surface area contributed by atoms with Crippen molar-refractivity contribution in [2.75, 3.05) is 31.1 Å². The zero-order valence-electron chi connectivity index (χ0n) is 15.1. The summed E-state index contributed by atoms with van der Waals surface area (Å²) in [4.78, 5) is 25.7. The highest BCUT2D eigenvalue weighted by molar-refractivity contribution is 5.83. The summed E-state index contributed by atoms with van der Waals surface area (Å²) in [6.45, 7) is 6.66. The first kappa shape index (κ1) is 16.6. The molecule has 0 spiro atoms. The Morgan fingerprint density at radius 1 is 1.04 bits per heavy atom. The van der Waals surface area contributed by atoms with Gasteiger partial charge in [0.05, 0.1) is 5.92 Å². The van der Waals surface area contributed by atoms with Crippen molar-refractivity contribution in [1.29, 1.82) is 0 Å². The van der Waals surface area contributed by atoms with Gasteiger partial charge in [0.2, 0.25) is 11.6 Å². The fourth-order valence-corrected chi connectivity index (χ4v) is 3.31. The summed E-state index contributed by atoms with van der Waals surface area (Å²) >= 11 is 0. The van der Waals surface area contributed by atoms with Crippen LogP contribution >= 0.6 is 0 Å². The molecular weight excluding hydrogens is 328 g/mol. The van der Waals surface area contributed by atoms with Gasteiger partial charge >= 0.3 is 0 Å². The van der Waals surface area contributed by atoms with Gasteiger partial charge in [-0.15, -0.1) is 0 Å². The van der Waals surface area contributed by atoms with Gasteiger partial charge in [-0.05, 0) is 31.5 Å². The predicted molar refractivity (Wildman–Crippen MR) is 100 cm³/mol. The van der Waals surface area contributed by atoms with Crippen molar-refractivity contribution in [3.8, 4) is 0 Å².